The van der Waals surface area contributed by atoms with E-state index in [2.05, 4.69) is 12.2 Å². The van der Waals surface area contributed by atoms with Crippen molar-refractivity contribution in [3.8, 4) is 0 Å². The first-order valence-corrected chi connectivity index (χ1v) is 7.09. The van der Waals surface area contributed by atoms with E-state index in [1.165, 1.54) is 25.7 Å². The summed E-state index contributed by atoms with van der Waals surface area (Å²) in [4.78, 5) is 10.9. The first-order valence-electron chi connectivity index (χ1n) is 7.09. The molecule has 1 aromatic heterocycles. The van der Waals surface area contributed by atoms with Gasteiger partial charge in [0.05, 0.1) is 6.54 Å². The Morgan fingerprint density at radius 3 is 2.95 bits per heavy atom. The summed E-state index contributed by atoms with van der Waals surface area (Å²) in [5.74, 6) is 1.36. The average Bonchev–Trinajstić information content (AvgIpc) is 2.71. The van der Waals surface area contributed by atoms with E-state index in [0.717, 1.165) is 18.4 Å². The molecular formula is C15H23NO3. The van der Waals surface area contributed by atoms with Crippen LogP contribution in [0.5, 0.6) is 0 Å². The molecule has 2 N–H and O–H groups in total. The molecule has 2 rings (SSSR count). The second-order valence-corrected chi connectivity index (χ2v) is 5.80. The smallest absolute Gasteiger partial charge is 0.372 e. The molecule has 1 saturated carbocycles. The Kier molecular flexibility index (Phi) is 4.64. The van der Waals surface area contributed by atoms with Gasteiger partial charge < -0.3 is 14.8 Å². The maximum Gasteiger partial charge on any atom is 0.372 e. The second-order valence-electron chi connectivity index (χ2n) is 5.80. The van der Waals surface area contributed by atoms with Crippen molar-refractivity contribution in [1.82, 2.24) is 5.32 Å². The lowest BCUT2D eigenvalue weighted by Crippen LogP contribution is -2.26. The zero-order valence-electron chi connectivity index (χ0n) is 11.7. The van der Waals surface area contributed by atoms with Gasteiger partial charge in [-0.15, -0.1) is 0 Å². The Bertz CT molecular complexity index is 439. The van der Waals surface area contributed by atoms with Gasteiger partial charge in [0.2, 0.25) is 5.76 Å². The Labute approximate surface area is 114 Å². The quantitative estimate of drug-likeness (QED) is 0.858. The third-order valence-corrected chi connectivity index (χ3v) is 3.94. The molecular weight excluding hydrogens is 242 g/mol. The van der Waals surface area contributed by atoms with E-state index >= 15 is 0 Å². The second kappa shape index (κ2) is 6.24. The van der Waals surface area contributed by atoms with Crippen LogP contribution in [0.3, 0.4) is 0 Å². The highest BCUT2D eigenvalue weighted by atomic mass is 16.4. The number of nitrogens with one attached hydrogen (secondary N) is 1. The number of rotatable bonds is 5. The number of carbonyl (C=O) groups is 1. The molecule has 0 aliphatic heterocycles. The van der Waals surface area contributed by atoms with Gasteiger partial charge in [-0.25, -0.2) is 4.79 Å². The van der Waals surface area contributed by atoms with Crippen molar-refractivity contribution in [1.29, 1.82) is 0 Å². The molecule has 19 heavy (non-hydrogen) atoms. The van der Waals surface area contributed by atoms with Gasteiger partial charge in [0.15, 0.2) is 0 Å². The van der Waals surface area contributed by atoms with Crippen LogP contribution < -0.4 is 5.32 Å². The highest BCUT2D eigenvalue weighted by Gasteiger charge is 2.19. The van der Waals surface area contributed by atoms with Crippen molar-refractivity contribution in [2.24, 2.45) is 11.8 Å². The molecule has 1 aliphatic carbocycles. The summed E-state index contributed by atoms with van der Waals surface area (Å²) in [6, 6.07) is 1.81. The summed E-state index contributed by atoms with van der Waals surface area (Å²) < 4.78 is 5.32. The topological polar surface area (TPSA) is 62.5 Å². The van der Waals surface area contributed by atoms with Crippen molar-refractivity contribution in [2.75, 3.05) is 6.54 Å². The molecule has 106 valence electrons. The molecule has 0 radical (unpaired) electrons. The summed E-state index contributed by atoms with van der Waals surface area (Å²) in [7, 11) is 0. The van der Waals surface area contributed by atoms with Gasteiger partial charge >= 0.3 is 5.97 Å². The van der Waals surface area contributed by atoms with Crippen LogP contribution in [0.2, 0.25) is 0 Å². The first-order chi connectivity index (χ1) is 9.06. The first kappa shape index (κ1) is 14.1. The Hall–Kier alpha value is -1.29. The lowest BCUT2D eigenvalue weighted by Gasteiger charge is -2.26. The van der Waals surface area contributed by atoms with Gasteiger partial charge in [0.1, 0.15) is 5.76 Å². The molecule has 0 amide bonds. The summed E-state index contributed by atoms with van der Waals surface area (Å²) in [6.07, 6.45) is 5.28. The van der Waals surface area contributed by atoms with E-state index in [9.17, 15) is 4.79 Å². The molecule has 1 fully saturated rings. The number of aromatic carboxylic acids is 1. The van der Waals surface area contributed by atoms with Gasteiger partial charge in [0.25, 0.3) is 0 Å². The van der Waals surface area contributed by atoms with E-state index in [1.807, 2.05) is 0 Å². The number of aryl methyl sites for hydroxylation is 1. The summed E-state index contributed by atoms with van der Waals surface area (Å²) in [6.45, 7) is 5.69. The number of furan rings is 1. The molecule has 0 saturated heterocycles. The van der Waals surface area contributed by atoms with Gasteiger partial charge in [-0.1, -0.05) is 19.8 Å². The van der Waals surface area contributed by atoms with E-state index in [0.29, 0.717) is 17.9 Å². The maximum absolute atomic E-state index is 10.9. The summed E-state index contributed by atoms with van der Waals surface area (Å²) >= 11 is 0. The van der Waals surface area contributed by atoms with Crippen molar-refractivity contribution < 1.29 is 14.3 Å². The van der Waals surface area contributed by atoms with E-state index < -0.39 is 5.97 Å². The SMILES string of the molecule is Cc1cc(CNCC2CCCC(C)C2)oc1C(=O)O. The fraction of sp³-hybridized carbons (Fsp3) is 0.667. The van der Waals surface area contributed by atoms with Crippen LogP contribution in [0, 0.1) is 18.8 Å². The molecule has 1 aliphatic rings. The number of carboxylic acids is 1. The van der Waals surface area contributed by atoms with Gasteiger partial charge in [-0.2, -0.15) is 0 Å². The molecule has 4 heteroatoms. The number of carboxylic acid groups (broad SMARTS) is 1. The fourth-order valence-electron chi connectivity index (χ4n) is 2.99. The van der Waals surface area contributed by atoms with E-state index in [-0.39, 0.29) is 5.76 Å². The molecule has 4 nitrogen and oxygen atoms in total. The van der Waals surface area contributed by atoms with E-state index in [1.54, 1.807) is 13.0 Å². The summed E-state index contributed by atoms with van der Waals surface area (Å²) in [5.41, 5.74) is 0.690. The molecule has 1 aromatic rings. The zero-order valence-corrected chi connectivity index (χ0v) is 11.7. The standard InChI is InChI=1S/C15H23NO3/c1-10-4-3-5-12(6-10)8-16-9-13-7-11(2)14(19-13)15(17)18/h7,10,12,16H,3-6,8-9H2,1-2H3,(H,17,18). The van der Waals surface area contributed by atoms with Gasteiger partial charge in [-0.3, -0.25) is 0 Å². The molecule has 0 aromatic carbocycles. The fourth-order valence-corrected chi connectivity index (χ4v) is 2.99. The molecule has 1 heterocycles. The third kappa shape index (κ3) is 3.83. The highest BCUT2D eigenvalue weighted by molar-refractivity contribution is 5.86. The van der Waals surface area contributed by atoms with Crippen molar-refractivity contribution in [2.45, 2.75) is 46.1 Å². The Morgan fingerprint density at radius 1 is 1.53 bits per heavy atom. The van der Waals surface area contributed by atoms with E-state index in [4.69, 9.17) is 9.52 Å². The van der Waals surface area contributed by atoms with Crippen LogP contribution in [0.15, 0.2) is 10.5 Å². The molecule has 0 bridgehead atoms. The maximum atomic E-state index is 10.9. The van der Waals surface area contributed by atoms with Crippen molar-refractivity contribution in [3.63, 3.8) is 0 Å². The lowest BCUT2D eigenvalue weighted by atomic mass is 9.82. The largest absolute Gasteiger partial charge is 0.475 e. The lowest BCUT2D eigenvalue weighted by molar-refractivity contribution is 0.0659. The zero-order chi connectivity index (χ0) is 13.8. The Balaban J connectivity index is 1.79. The van der Waals surface area contributed by atoms with Crippen LogP contribution in [0.1, 0.15) is 54.5 Å². The van der Waals surface area contributed by atoms with Crippen molar-refractivity contribution in [3.05, 3.63) is 23.2 Å². The molecule has 0 spiro atoms. The van der Waals surface area contributed by atoms with Crippen LogP contribution >= 0.6 is 0 Å². The van der Waals surface area contributed by atoms with Crippen LogP contribution in [-0.2, 0) is 6.54 Å². The van der Waals surface area contributed by atoms with Crippen molar-refractivity contribution >= 4 is 5.97 Å². The molecule has 2 unspecified atom stereocenters. The Morgan fingerprint density at radius 2 is 2.32 bits per heavy atom. The number of hydrogen-bond acceptors (Lipinski definition) is 3. The normalized spacial score (nSPS) is 23.5. The average molecular weight is 265 g/mol. The minimum atomic E-state index is -0.996. The third-order valence-electron chi connectivity index (χ3n) is 3.94. The predicted octanol–water partition coefficient (Wildman–Crippen LogP) is 3.20. The monoisotopic (exact) mass is 265 g/mol. The van der Waals surface area contributed by atoms with Gasteiger partial charge in [0, 0.05) is 5.56 Å². The molecule has 2 atom stereocenters. The minimum absolute atomic E-state index is 0.0584. The van der Waals surface area contributed by atoms with Gasteiger partial charge in [-0.05, 0) is 44.2 Å². The number of hydrogen-bond donors (Lipinski definition) is 2. The summed E-state index contributed by atoms with van der Waals surface area (Å²) in [5, 5.41) is 12.3. The van der Waals surface area contributed by atoms with Crippen LogP contribution in [0.4, 0.5) is 0 Å². The predicted molar refractivity (Wildman–Crippen MR) is 73.2 cm³/mol. The van der Waals surface area contributed by atoms with Crippen LogP contribution in [-0.4, -0.2) is 17.6 Å². The highest BCUT2D eigenvalue weighted by Crippen LogP contribution is 2.28. The van der Waals surface area contributed by atoms with Crippen LogP contribution in [0.25, 0.3) is 0 Å². The minimum Gasteiger partial charge on any atom is -0.475 e.